The number of carbonyl (C=O) groups is 2. The normalized spacial score (nSPS) is 26.5. The van der Waals surface area contributed by atoms with E-state index in [1.807, 2.05) is 0 Å². The minimum Gasteiger partial charge on any atom is -0.477 e. The molecule has 0 bridgehead atoms. The number of carbonyl (C=O) groups excluding carboxylic acids is 1. The van der Waals surface area contributed by atoms with Gasteiger partial charge < -0.3 is 5.11 Å². The Kier molecular flexibility index (Phi) is 1.32. The van der Waals surface area contributed by atoms with Crippen molar-refractivity contribution < 1.29 is 14.7 Å². The van der Waals surface area contributed by atoms with Crippen LogP contribution in [0.3, 0.4) is 0 Å². The molecule has 1 unspecified atom stereocenters. The molecule has 2 rings (SSSR count). The van der Waals surface area contributed by atoms with Crippen molar-refractivity contribution in [2.24, 2.45) is 0 Å². The molecule has 1 amide bonds. The number of fused-ring (bicyclic) bond motifs is 1. The van der Waals surface area contributed by atoms with Crippen LogP contribution >= 0.6 is 12.2 Å². The van der Waals surface area contributed by atoms with Gasteiger partial charge in [0.15, 0.2) is 0 Å². The van der Waals surface area contributed by atoms with Gasteiger partial charge in [0.2, 0.25) is 0 Å². The van der Waals surface area contributed by atoms with Crippen molar-refractivity contribution in [1.29, 1.82) is 0 Å². The number of rotatable bonds is 1. The number of carboxylic acid groups (broad SMARTS) is 1. The van der Waals surface area contributed by atoms with Crippen LogP contribution in [-0.4, -0.2) is 32.8 Å². The summed E-state index contributed by atoms with van der Waals surface area (Å²) in [5.41, 5.74) is 0.0600. The monoisotopic (exact) mass is 183 g/mol. The van der Waals surface area contributed by atoms with Crippen molar-refractivity contribution in [3.05, 3.63) is 11.8 Å². The summed E-state index contributed by atoms with van der Waals surface area (Å²) in [5.74, 6) is -1.39. The van der Waals surface area contributed by atoms with Crippen LogP contribution in [0.15, 0.2) is 11.8 Å². The lowest BCUT2D eigenvalue weighted by molar-refractivity contribution is -0.138. The Morgan fingerprint density at radius 3 is 2.92 bits per heavy atom. The van der Waals surface area contributed by atoms with Crippen molar-refractivity contribution in [2.75, 3.05) is 0 Å². The number of hydrogen-bond donors (Lipinski definition) is 1. The van der Waals surface area contributed by atoms with Gasteiger partial charge in [-0.1, -0.05) is 12.2 Å². The molecule has 12 heavy (non-hydrogen) atoms. The minimum absolute atomic E-state index is 0.0600. The van der Waals surface area contributed by atoms with Gasteiger partial charge in [0.05, 0.1) is 10.9 Å². The van der Waals surface area contributed by atoms with Gasteiger partial charge in [-0.25, -0.2) is 4.79 Å². The highest BCUT2D eigenvalue weighted by Gasteiger charge is 2.45. The van der Waals surface area contributed by atoms with Gasteiger partial charge >= 0.3 is 5.97 Å². The van der Waals surface area contributed by atoms with E-state index < -0.39 is 5.97 Å². The fourth-order valence-corrected chi connectivity index (χ4v) is 1.70. The van der Waals surface area contributed by atoms with Crippen LogP contribution in [0.4, 0.5) is 0 Å². The summed E-state index contributed by atoms with van der Waals surface area (Å²) in [4.78, 5) is 23.2. The Morgan fingerprint density at radius 1 is 1.75 bits per heavy atom. The summed E-state index contributed by atoms with van der Waals surface area (Å²) in [5, 5.41) is 8.58. The van der Waals surface area contributed by atoms with Crippen LogP contribution in [0.25, 0.3) is 0 Å². The predicted molar refractivity (Wildman–Crippen MR) is 43.6 cm³/mol. The second-order valence-electron chi connectivity index (χ2n) is 2.73. The molecule has 1 atom stereocenters. The van der Waals surface area contributed by atoms with Gasteiger partial charge in [0.25, 0.3) is 5.91 Å². The molecule has 0 aromatic heterocycles. The van der Waals surface area contributed by atoms with E-state index in [2.05, 4.69) is 0 Å². The first-order valence-corrected chi connectivity index (χ1v) is 3.83. The molecule has 1 N–H and O–H groups in total. The minimum atomic E-state index is -1.07. The summed E-state index contributed by atoms with van der Waals surface area (Å²) in [6, 6.07) is -0.0869. The van der Waals surface area contributed by atoms with Crippen molar-refractivity contribution in [2.45, 2.75) is 12.5 Å². The van der Waals surface area contributed by atoms with Crippen LogP contribution in [0.1, 0.15) is 6.42 Å². The van der Waals surface area contributed by atoms with E-state index in [0.717, 1.165) is 0 Å². The molecule has 2 aliphatic rings. The molecule has 0 aromatic carbocycles. The largest absolute Gasteiger partial charge is 0.477 e. The Balaban J connectivity index is 2.30. The second kappa shape index (κ2) is 2.13. The maximum atomic E-state index is 11.2. The van der Waals surface area contributed by atoms with Crippen molar-refractivity contribution >= 4 is 29.0 Å². The Labute approximate surface area is 73.5 Å². The molecular formula is C7H5NO3S. The topological polar surface area (TPSA) is 57.6 Å². The molecule has 1 fully saturated rings. The maximum Gasteiger partial charge on any atom is 0.352 e. The van der Waals surface area contributed by atoms with Crippen molar-refractivity contribution in [3.8, 4) is 0 Å². The first kappa shape index (κ1) is 7.42. The van der Waals surface area contributed by atoms with Gasteiger partial charge in [0, 0.05) is 6.42 Å². The molecule has 4 nitrogen and oxygen atoms in total. The highest BCUT2D eigenvalue weighted by atomic mass is 32.1. The summed E-state index contributed by atoms with van der Waals surface area (Å²) in [7, 11) is 0. The molecule has 0 aliphatic carbocycles. The number of thiocarbonyl (C=S) groups is 1. The van der Waals surface area contributed by atoms with E-state index in [1.165, 1.54) is 4.90 Å². The molecule has 0 saturated carbocycles. The van der Waals surface area contributed by atoms with Crippen LogP contribution in [-0.2, 0) is 9.59 Å². The average Bonchev–Trinajstić information content (AvgIpc) is 2.11. The summed E-state index contributed by atoms with van der Waals surface area (Å²) >= 11 is 4.76. The predicted octanol–water partition coefficient (Wildman–Crippen LogP) is -0.0607. The van der Waals surface area contributed by atoms with Crippen molar-refractivity contribution in [3.63, 3.8) is 0 Å². The van der Waals surface area contributed by atoms with E-state index in [9.17, 15) is 9.59 Å². The third kappa shape index (κ3) is 0.739. The number of aliphatic carboxylic acids is 1. The van der Waals surface area contributed by atoms with E-state index >= 15 is 0 Å². The van der Waals surface area contributed by atoms with Crippen molar-refractivity contribution in [1.82, 2.24) is 4.90 Å². The van der Waals surface area contributed by atoms with Gasteiger partial charge in [-0.15, -0.1) is 0 Å². The lowest BCUT2D eigenvalue weighted by Crippen LogP contribution is -2.42. The van der Waals surface area contributed by atoms with Gasteiger partial charge in [-0.05, 0) is 6.08 Å². The Hall–Kier alpha value is -1.23. The second-order valence-corrected chi connectivity index (χ2v) is 3.22. The smallest absolute Gasteiger partial charge is 0.352 e. The summed E-state index contributed by atoms with van der Waals surface area (Å²) in [6.07, 6.45) is 2.05. The van der Waals surface area contributed by atoms with Gasteiger partial charge in [-0.3, -0.25) is 9.69 Å². The third-order valence-electron chi connectivity index (χ3n) is 2.01. The number of carboxylic acids is 1. The maximum absolute atomic E-state index is 11.2. The number of nitrogens with zero attached hydrogens (tertiary/aromatic N) is 1. The summed E-state index contributed by atoms with van der Waals surface area (Å²) < 4.78 is 0. The molecule has 1 saturated heterocycles. The molecule has 5 heteroatoms. The van der Waals surface area contributed by atoms with E-state index in [1.54, 1.807) is 6.08 Å². The molecule has 0 spiro atoms. The molecule has 2 heterocycles. The lowest BCUT2D eigenvalue weighted by atomic mass is 10.1. The zero-order valence-corrected chi connectivity index (χ0v) is 6.80. The zero-order valence-electron chi connectivity index (χ0n) is 5.98. The standard InChI is InChI=1S/C7H5NO3S/c9-6-5(12)2-3-1-4(7(10)11)8(3)6/h1,3H,2H2,(H,10,11). The SMILES string of the molecule is O=C(O)C1=CC2CC(=S)C(=O)N12. The molecule has 2 aliphatic heterocycles. The number of hydrogen-bond acceptors (Lipinski definition) is 3. The first-order chi connectivity index (χ1) is 5.61. The van der Waals surface area contributed by atoms with Crippen LogP contribution < -0.4 is 0 Å². The molecule has 62 valence electrons. The first-order valence-electron chi connectivity index (χ1n) is 3.43. The molecule has 0 radical (unpaired) electrons. The Morgan fingerprint density at radius 2 is 2.42 bits per heavy atom. The van der Waals surface area contributed by atoms with Crippen LogP contribution in [0.2, 0.25) is 0 Å². The fourth-order valence-electron chi connectivity index (χ4n) is 1.43. The highest BCUT2D eigenvalue weighted by Crippen LogP contribution is 2.31. The third-order valence-corrected chi connectivity index (χ3v) is 2.35. The van der Waals surface area contributed by atoms with E-state index in [4.69, 9.17) is 17.3 Å². The summed E-state index contributed by atoms with van der Waals surface area (Å²) in [6.45, 7) is 0. The quantitative estimate of drug-likeness (QED) is 0.578. The average molecular weight is 183 g/mol. The number of amides is 1. The molecule has 0 aromatic rings. The van der Waals surface area contributed by atoms with Crippen LogP contribution in [0.5, 0.6) is 0 Å². The molecular weight excluding hydrogens is 178 g/mol. The van der Waals surface area contributed by atoms with E-state index in [-0.39, 0.29) is 17.6 Å². The van der Waals surface area contributed by atoms with E-state index in [0.29, 0.717) is 11.3 Å². The van der Waals surface area contributed by atoms with Gasteiger partial charge in [-0.2, -0.15) is 0 Å². The Bertz CT molecular complexity index is 334. The lowest BCUT2D eigenvalue weighted by Gasteiger charge is -2.30. The fraction of sp³-hybridized carbons (Fsp3) is 0.286. The van der Waals surface area contributed by atoms with Gasteiger partial charge in [0.1, 0.15) is 5.70 Å². The zero-order chi connectivity index (χ0) is 8.88. The highest BCUT2D eigenvalue weighted by molar-refractivity contribution is 7.82. The van der Waals surface area contributed by atoms with Crippen LogP contribution in [0, 0.1) is 0 Å².